The van der Waals surface area contributed by atoms with E-state index >= 15 is 0 Å². The zero-order chi connectivity index (χ0) is 18.1. The first-order valence-electron chi connectivity index (χ1n) is 7.27. The number of nitro groups is 1. The quantitative estimate of drug-likeness (QED) is 0.260. The fourth-order valence-electron chi connectivity index (χ4n) is 2.68. The van der Waals surface area contributed by atoms with Crippen LogP contribution in [0.1, 0.15) is 5.56 Å². The lowest BCUT2D eigenvalue weighted by molar-refractivity contribution is -0.384. The number of benzene rings is 1. The third kappa shape index (κ3) is 3.02. The van der Waals surface area contributed by atoms with Crippen molar-refractivity contribution in [1.82, 2.24) is 4.90 Å². The minimum Gasteiger partial charge on any atom is -0.459 e. The molecule has 2 saturated heterocycles. The number of nitrogens with two attached hydrogens (primary N) is 1. The van der Waals surface area contributed by atoms with Crippen LogP contribution in [0.5, 0.6) is 0 Å². The lowest BCUT2D eigenvalue weighted by atomic mass is 9.99. The fraction of sp³-hybridized carbons (Fsp3) is 0.333. The van der Waals surface area contributed by atoms with E-state index in [9.17, 15) is 24.5 Å². The summed E-state index contributed by atoms with van der Waals surface area (Å²) in [5.74, 6) is 0.799. The highest BCUT2D eigenvalue weighted by molar-refractivity contribution is 8.00. The topological polar surface area (TPSA) is 133 Å². The predicted molar refractivity (Wildman–Crippen MR) is 87.0 cm³/mol. The van der Waals surface area contributed by atoms with Crippen molar-refractivity contribution >= 4 is 35.3 Å². The molecular weight excluding hydrogens is 350 g/mol. The summed E-state index contributed by atoms with van der Waals surface area (Å²) in [6, 6.07) is 3.71. The zero-order valence-electron chi connectivity index (χ0n) is 12.8. The second kappa shape index (κ2) is 6.67. The van der Waals surface area contributed by atoms with Crippen LogP contribution < -0.4 is 5.73 Å². The minimum atomic E-state index is -1.12. The summed E-state index contributed by atoms with van der Waals surface area (Å²) >= 11 is 1.31. The summed E-state index contributed by atoms with van der Waals surface area (Å²) < 4.78 is 5.18. The molecule has 3 atom stereocenters. The van der Waals surface area contributed by atoms with E-state index in [4.69, 9.17) is 10.5 Å². The Kier molecular flexibility index (Phi) is 4.58. The van der Waals surface area contributed by atoms with Crippen molar-refractivity contribution in [3.63, 3.8) is 0 Å². The molecule has 1 amide bonds. The van der Waals surface area contributed by atoms with Gasteiger partial charge in [-0.25, -0.2) is 9.59 Å². The maximum atomic E-state index is 12.4. The molecule has 2 aliphatic heterocycles. The first-order chi connectivity index (χ1) is 11.9. The van der Waals surface area contributed by atoms with Gasteiger partial charge in [0.05, 0.1) is 10.5 Å². The molecule has 130 valence electrons. The number of non-ortho nitro benzene ring substituents is 1. The van der Waals surface area contributed by atoms with Crippen LogP contribution in [0, 0.1) is 10.1 Å². The number of hydrogen-bond donors (Lipinski definition) is 1. The predicted octanol–water partition coefficient (Wildman–Crippen LogP) is 0.00700. The number of thioether (sulfide) groups is 1. The molecule has 2 unspecified atom stereocenters. The van der Waals surface area contributed by atoms with Gasteiger partial charge in [-0.3, -0.25) is 14.9 Å². The number of hydrogen-bond acceptors (Lipinski definition) is 8. The van der Waals surface area contributed by atoms with E-state index < -0.39 is 28.9 Å². The van der Waals surface area contributed by atoms with Gasteiger partial charge < -0.3 is 15.4 Å². The van der Waals surface area contributed by atoms with Crippen molar-refractivity contribution in [2.24, 2.45) is 5.73 Å². The first kappa shape index (κ1) is 17.2. The van der Waals surface area contributed by atoms with Gasteiger partial charge in [-0.15, -0.1) is 11.8 Å². The number of carbonyl (C=O) groups is 2. The zero-order valence-corrected chi connectivity index (χ0v) is 13.6. The van der Waals surface area contributed by atoms with Crippen molar-refractivity contribution in [2.45, 2.75) is 24.1 Å². The van der Waals surface area contributed by atoms with Crippen molar-refractivity contribution in [3.05, 3.63) is 45.5 Å². The molecule has 0 radical (unpaired) electrons. The Morgan fingerprint density at radius 1 is 1.44 bits per heavy atom. The lowest BCUT2D eigenvalue weighted by Crippen LogP contribution is -2.73. The van der Waals surface area contributed by atoms with Crippen LogP contribution in [0.2, 0.25) is 0 Å². The number of fused-ring (bicyclic) bond motifs is 1. The third-order valence-corrected chi connectivity index (χ3v) is 5.36. The highest BCUT2D eigenvalue weighted by Gasteiger charge is 2.55. The number of esters is 1. The molecule has 2 N–H and O–H groups in total. The van der Waals surface area contributed by atoms with Crippen LogP contribution in [0.3, 0.4) is 0 Å². The number of β-lactam (4-membered cyclic amide) rings is 1. The van der Waals surface area contributed by atoms with Crippen LogP contribution in [-0.4, -0.2) is 50.9 Å². The molecule has 0 aliphatic carbocycles. The summed E-state index contributed by atoms with van der Waals surface area (Å²) in [5.41, 5.74) is 6.31. The van der Waals surface area contributed by atoms with Gasteiger partial charge in [-0.1, -0.05) is 0 Å². The number of ether oxygens (including phenoxy) is 1. The molecule has 2 heterocycles. The van der Waals surface area contributed by atoms with E-state index in [0.717, 1.165) is 0 Å². The second-order valence-electron chi connectivity index (χ2n) is 5.53. The Morgan fingerprint density at radius 2 is 2.12 bits per heavy atom. The van der Waals surface area contributed by atoms with Gasteiger partial charge in [0.15, 0.2) is 6.04 Å². The molecule has 0 aromatic heterocycles. The Hall–Kier alpha value is -2.68. The number of nitro benzene ring substituents is 1. The van der Waals surface area contributed by atoms with Crippen LogP contribution in [0.4, 0.5) is 5.69 Å². The highest BCUT2D eigenvalue weighted by Crippen LogP contribution is 2.39. The monoisotopic (exact) mass is 363 g/mol. The largest absolute Gasteiger partial charge is 0.459 e. The number of nitrogens with zero attached hydrogens (tertiary/aromatic N) is 2. The van der Waals surface area contributed by atoms with Crippen LogP contribution >= 0.6 is 11.8 Å². The van der Waals surface area contributed by atoms with Crippen LogP contribution in [-0.2, 0) is 25.7 Å². The van der Waals surface area contributed by atoms with Gasteiger partial charge in [-0.05, 0) is 17.7 Å². The van der Waals surface area contributed by atoms with Gasteiger partial charge >= 0.3 is 5.97 Å². The Balaban J connectivity index is 1.69. The van der Waals surface area contributed by atoms with E-state index in [0.29, 0.717) is 5.56 Å². The molecule has 25 heavy (non-hydrogen) atoms. The molecule has 9 nitrogen and oxygen atoms in total. The van der Waals surface area contributed by atoms with E-state index in [2.05, 4.69) is 0 Å². The van der Waals surface area contributed by atoms with Gasteiger partial charge in [0.25, 0.3) is 5.69 Å². The average molecular weight is 363 g/mol. The van der Waals surface area contributed by atoms with E-state index in [1.165, 1.54) is 40.9 Å². The Bertz CT molecular complexity index is 789. The SMILES string of the molecule is NC1C(=O)N2C(C(=O)OCc3ccc([N+](=O)[O-])cc3)C(=C=O)CS[C@@H]12. The highest BCUT2D eigenvalue weighted by atomic mass is 32.2. The number of carbonyl (C=O) groups excluding carboxylic acids is 3. The molecule has 1 aromatic carbocycles. The summed E-state index contributed by atoms with van der Waals surface area (Å²) in [6.45, 7) is -0.134. The summed E-state index contributed by atoms with van der Waals surface area (Å²) in [6.07, 6.45) is 0. The summed E-state index contributed by atoms with van der Waals surface area (Å²) in [5, 5.41) is 10.3. The summed E-state index contributed by atoms with van der Waals surface area (Å²) in [7, 11) is 0. The van der Waals surface area contributed by atoms with Gasteiger partial charge in [-0.2, -0.15) is 0 Å². The van der Waals surface area contributed by atoms with Crippen molar-refractivity contribution in [3.8, 4) is 0 Å². The van der Waals surface area contributed by atoms with E-state index in [1.54, 1.807) is 5.94 Å². The molecule has 0 bridgehead atoms. The minimum absolute atomic E-state index is 0.0754. The normalized spacial score (nSPS) is 24.8. The molecule has 0 saturated carbocycles. The number of amides is 1. The first-order valence-corrected chi connectivity index (χ1v) is 8.32. The van der Waals surface area contributed by atoms with Crippen LogP contribution in [0.15, 0.2) is 29.8 Å². The molecule has 10 heteroatoms. The maximum Gasteiger partial charge on any atom is 0.334 e. The molecule has 0 spiro atoms. The smallest absolute Gasteiger partial charge is 0.334 e. The maximum absolute atomic E-state index is 12.4. The molecular formula is C15H13N3O6S. The van der Waals surface area contributed by atoms with Crippen molar-refractivity contribution in [2.75, 3.05) is 5.75 Å². The fourth-order valence-corrected chi connectivity index (χ4v) is 3.96. The Labute approximate surface area is 145 Å². The number of rotatable bonds is 4. The third-order valence-electron chi connectivity index (χ3n) is 4.02. The average Bonchev–Trinajstić information content (AvgIpc) is 2.64. The van der Waals surface area contributed by atoms with Gasteiger partial charge in [0.2, 0.25) is 5.91 Å². The molecule has 3 rings (SSSR count). The molecule has 1 aromatic rings. The van der Waals surface area contributed by atoms with Crippen LogP contribution in [0.25, 0.3) is 0 Å². The second-order valence-corrected chi connectivity index (χ2v) is 6.64. The summed E-state index contributed by atoms with van der Waals surface area (Å²) in [4.78, 5) is 46.7. The lowest BCUT2D eigenvalue weighted by Gasteiger charge is -2.50. The molecule has 2 fully saturated rings. The van der Waals surface area contributed by atoms with E-state index in [1.807, 2.05) is 0 Å². The van der Waals surface area contributed by atoms with Gasteiger partial charge in [0.1, 0.15) is 24.0 Å². The van der Waals surface area contributed by atoms with Crippen molar-refractivity contribution in [1.29, 1.82) is 0 Å². The molecule has 2 aliphatic rings. The standard InChI is InChI=1S/C15H13N3O6S/c16-11-13(20)17-12(9(5-19)7-25-14(11)17)15(21)24-6-8-1-3-10(4-2-8)18(22)23/h1-4,11-12,14H,6-7,16H2/t11?,12?,14-/m0/s1. The van der Waals surface area contributed by atoms with Gasteiger partial charge in [0, 0.05) is 17.9 Å². The van der Waals surface area contributed by atoms with E-state index in [-0.39, 0.29) is 29.0 Å². The Morgan fingerprint density at radius 3 is 2.72 bits per heavy atom. The van der Waals surface area contributed by atoms with Crippen molar-refractivity contribution < 1.29 is 24.0 Å².